The standard InChI is InChI=1S/C30H36N2O7Si/c1-19-27(40(4,5)36)25(13-15-33)39-30(19)23-17-22(37-2)11-12-24(23)32(29(30)35)18-20-8-6-9-21(16-20)31-14-7-10-26(38-3)28(31)34/h6-12,14,16-17,19,25,27,33,36H,13,15,18H2,1-5H3/t19-,25+,27-,30+/m0/s1. The minimum Gasteiger partial charge on any atom is -0.497 e. The van der Waals surface area contributed by atoms with Crippen molar-refractivity contribution in [3.05, 3.63) is 82.3 Å². The van der Waals surface area contributed by atoms with Gasteiger partial charge in [-0.25, -0.2) is 0 Å². The molecule has 2 aliphatic rings. The number of benzene rings is 2. The zero-order chi connectivity index (χ0) is 28.8. The van der Waals surface area contributed by atoms with Crippen LogP contribution in [0.15, 0.2) is 65.6 Å². The predicted molar refractivity (Wildman–Crippen MR) is 154 cm³/mol. The van der Waals surface area contributed by atoms with E-state index in [1.165, 1.54) is 11.7 Å². The number of aliphatic hydroxyl groups is 1. The summed E-state index contributed by atoms with van der Waals surface area (Å²) in [6.07, 6.45) is 1.55. The number of aliphatic hydroxyl groups excluding tert-OH is 1. The van der Waals surface area contributed by atoms with E-state index in [1.807, 2.05) is 62.5 Å². The molecule has 1 amide bonds. The van der Waals surface area contributed by atoms with Crippen LogP contribution in [0.5, 0.6) is 11.5 Å². The van der Waals surface area contributed by atoms with Crippen molar-refractivity contribution in [3.8, 4) is 17.2 Å². The van der Waals surface area contributed by atoms with E-state index in [9.17, 15) is 19.5 Å². The van der Waals surface area contributed by atoms with Crippen molar-refractivity contribution in [1.82, 2.24) is 4.57 Å². The van der Waals surface area contributed by atoms with Gasteiger partial charge in [-0.3, -0.25) is 14.2 Å². The van der Waals surface area contributed by atoms with Crippen molar-refractivity contribution in [3.63, 3.8) is 0 Å². The first-order chi connectivity index (χ1) is 19.1. The molecular weight excluding hydrogens is 528 g/mol. The van der Waals surface area contributed by atoms with Gasteiger partial charge in [0, 0.05) is 35.5 Å². The lowest BCUT2D eigenvalue weighted by molar-refractivity contribution is -0.146. The second-order valence-corrected chi connectivity index (χ2v) is 15.0. The summed E-state index contributed by atoms with van der Waals surface area (Å²) in [5.41, 5.74) is 1.04. The molecule has 2 aliphatic heterocycles. The van der Waals surface area contributed by atoms with Crippen LogP contribution in [0, 0.1) is 5.92 Å². The fourth-order valence-electron chi connectivity index (χ4n) is 6.56. The van der Waals surface area contributed by atoms with Crippen molar-refractivity contribution in [1.29, 1.82) is 0 Å². The van der Waals surface area contributed by atoms with E-state index in [0.717, 1.165) is 5.56 Å². The van der Waals surface area contributed by atoms with Gasteiger partial charge in [-0.1, -0.05) is 19.1 Å². The summed E-state index contributed by atoms with van der Waals surface area (Å²) in [4.78, 5) is 40.3. The third kappa shape index (κ3) is 4.45. The molecule has 1 aromatic heterocycles. The van der Waals surface area contributed by atoms with Crippen LogP contribution in [0.25, 0.3) is 5.69 Å². The van der Waals surface area contributed by atoms with Crippen LogP contribution < -0.4 is 19.9 Å². The van der Waals surface area contributed by atoms with E-state index in [-0.39, 0.29) is 41.8 Å². The zero-order valence-corrected chi connectivity index (χ0v) is 24.5. The molecule has 9 nitrogen and oxygen atoms in total. The van der Waals surface area contributed by atoms with Gasteiger partial charge in [-0.15, -0.1) is 0 Å². The lowest BCUT2D eigenvalue weighted by atomic mass is 9.82. The van der Waals surface area contributed by atoms with Crippen LogP contribution in [0.2, 0.25) is 18.6 Å². The number of rotatable bonds is 8. The van der Waals surface area contributed by atoms with E-state index < -0.39 is 20.0 Å². The van der Waals surface area contributed by atoms with Gasteiger partial charge in [0.05, 0.1) is 32.6 Å². The van der Waals surface area contributed by atoms with Crippen LogP contribution in [-0.2, 0) is 21.7 Å². The topological polar surface area (TPSA) is 110 Å². The van der Waals surface area contributed by atoms with Crippen molar-refractivity contribution >= 4 is 19.9 Å². The van der Waals surface area contributed by atoms with Crippen molar-refractivity contribution in [2.75, 3.05) is 25.7 Å². The monoisotopic (exact) mass is 564 g/mol. The maximum Gasteiger partial charge on any atom is 0.297 e. The van der Waals surface area contributed by atoms with Gasteiger partial charge in [0.2, 0.25) is 0 Å². The largest absolute Gasteiger partial charge is 0.497 e. The minimum absolute atomic E-state index is 0.103. The Morgan fingerprint density at radius 3 is 2.50 bits per heavy atom. The molecule has 212 valence electrons. The Labute approximate surface area is 234 Å². The van der Waals surface area contributed by atoms with Crippen LogP contribution in [0.3, 0.4) is 0 Å². The summed E-state index contributed by atoms with van der Waals surface area (Å²) in [6.45, 7) is 5.83. The van der Waals surface area contributed by atoms with E-state index in [0.29, 0.717) is 29.1 Å². The number of hydrogen-bond acceptors (Lipinski definition) is 7. The van der Waals surface area contributed by atoms with Crippen molar-refractivity contribution in [2.45, 2.75) is 50.2 Å². The maximum atomic E-state index is 14.5. The van der Waals surface area contributed by atoms with Gasteiger partial charge in [0.15, 0.2) is 19.7 Å². The van der Waals surface area contributed by atoms with Gasteiger partial charge in [0.1, 0.15) is 5.75 Å². The molecule has 3 heterocycles. The third-order valence-electron chi connectivity index (χ3n) is 8.27. The average molecular weight is 565 g/mol. The number of amides is 1. The van der Waals surface area contributed by atoms with E-state index in [2.05, 4.69) is 0 Å². The Balaban J connectivity index is 1.58. The van der Waals surface area contributed by atoms with Gasteiger partial charge in [0.25, 0.3) is 11.5 Å². The van der Waals surface area contributed by atoms with E-state index in [4.69, 9.17) is 14.2 Å². The summed E-state index contributed by atoms with van der Waals surface area (Å²) in [6, 6.07) is 16.4. The van der Waals surface area contributed by atoms with Gasteiger partial charge in [-0.2, -0.15) is 0 Å². The molecule has 1 spiro atoms. The van der Waals surface area contributed by atoms with Crippen LogP contribution in [0.1, 0.15) is 24.5 Å². The molecule has 2 N–H and O–H groups in total. The Morgan fingerprint density at radius 2 is 1.82 bits per heavy atom. The molecule has 10 heteroatoms. The Morgan fingerprint density at radius 1 is 1.05 bits per heavy atom. The molecule has 0 saturated carbocycles. The van der Waals surface area contributed by atoms with Crippen LogP contribution in [0.4, 0.5) is 5.69 Å². The predicted octanol–water partition coefficient (Wildman–Crippen LogP) is 3.58. The van der Waals surface area contributed by atoms with E-state index >= 15 is 0 Å². The first-order valence-corrected chi connectivity index (χ1v) is 16.5. The highest BCUT2D eigenvalue weighted by Gasteiger charge is 2.66. The lowest BCUT2D eigenvalue weighted by Gasteiger charge is -2.32. The fourth-order valence-corrected chi connectivity index (χ4v) is 9.16. The summed E-state index contributed by atoms with van der Waals surface area (Å²) in [5, 5.41) is 9.80. The quantitative estimate of drug-likeness (QED) is 0.403. The number of aromatic nitrogens is 1. The number of fused-ring (bicyclic) bond motifs is 2. The Kier molecular flexibility index (Phi) is 7.38. The summed E-state index contributed by atoms with van der Waals surface area (Å²) in [7, 11) is 0.249. The molecule has 4 atom stereocenters. The minimum atomic E-state index is -2.79. The molecular formula is C30H36N2O7Si. The molecule has 0 bridgehead atoms. The van der Waals surface area contributed by atoms with Gasteiger partial charge < -0.3 is 29.0 Å². The molecule has 1 saturated heterocycles. The Hall–Kier alpha value is -3.44. The van der Waals surface area contributed by atoms with Crippen molar-refractivity contribution in [2.24, 2.45) is 5.92 Å². The van der Waals surface area contributed by atoms with Gasteiger partial charge >= 0.3 is 0 Å². The molecule has 5 rings (SSSR count). The molecule has 0 aliphatic carbocycles. The molecule has 0 unspecified atom stereocenters. The first kappa shape index (κ1) is 28.1. The smallest absolute Gasteiger partial charge is 0.297 e. The van der Waals surface area contributed by atoms with E-state index in [1.54, 1.807) is 30.3 Å². The number of pyridine rings is 1. The molecule has 40 heavy (non-hydrogen) atoms. The Bertz CT molecular complexity index is 1480. The number of ether oxygens (including phenoxy) is 3. The number of methoxy groups -OCH3 is 2. The average Bonchev–Trinajstić information content (AvgIpc) is 3.35. The molecule has 0 radical (unpaired) electrons. The van der Waals surface area contributed by atoms with Gasteiger partial charge in [-0.05, 0) is 67.5 Å². The third-order valence-corrected chi connectivity index (χ3v) is 10.8. The summed E-state index contributed by atoms with van der Waals surface area (Å²) >= 11 is 0. The SMILES string of the molecule is COc1ccc2c(c1)[C@@]1(O[C@H](CCO)[C@@H]([Si](C)(C)O)[C@@H]1C)C(=O)N2Cc1cccc(-n2cccc(OC)c2=O)c1. The maximum absolute atomic E-state index is 14.5. The highest BCUT2D eigenvalue weighted by Crippen LogP contribution is 2.60. The number of hydrogen-bond donors (Lipinski definition) is 2. The normalized spacial score (nSPS) is 24.0. The highest BCUT2D eigenvalue weighted by molar-refractivity contribution is 6.71. The second-order valence-electron chi connectivity index (χ2n) is 11.1. The van der Waals surface area contributed by atoms with Crippen LogP contribution in [-0.4, -0.2) is 55.6 Å². The highest BCUT2D eigenvalue weighted by atomic mass is 28.4. The summed E-state index contributed by atoms with van der Waals surface area (Å²) in [5.74, 6) is 0.296. The lowest BCUT2D eigenvalue weighted by Crippen LogP contribution is -2.46. The number of carbonyl (C=O) groups is 1. The molecule has 2 aromatic carbocycles. The molecule has 1 fully saturated rings. The zero-order valence-electron chi connectivity index (χ0n) is 23.5. The number of nitrogens with zero attached hydrogens (tertiary/aromatic N) is 2. The number of carbonyl (C=O) groups excluding carboxylic acids is 1. The first-order valence-electron chi connectivity index (χ1n) is 13.4. The van der Waals surface area contributed by atoms with Crippen LogP contribution >= 0.6 is 0 Å². The number of anilines is 1. The molecule has 3 aromatic rings. The second kappa shape index (κ2) is 10.5. The summed E-state index contributed by atoms with van der Waals surface area (Å²) < 4.78 is 18.9. The fraction of sp³-hybridized carbons (Fsp3) is 0.400. The van der Waals surface area contributed by atoms with Crippen molar-refractivity contribution < 1.29 is 28.9 Å².